The molecule has 0 saturated carbocycles. The topological polar surface area (TPSA) is 72.5 Å². The molecule has 1 amide bonds. The SMILES string of the molecule is COc1ccc(Nc2cc(C)c3cc(NC(=O)c4cc(Cl)ccc4OC)ccc3n2)cc1. The summed E-state index contributed by atoms with van der Waals surface area (Å²) in [7, 11) is 3.15. The maximum atomic E-state index is 12.8. The Kier molecular flexibility index (Phi) is 6.14. The van der Waals surface area contributed by atoms with Crippen molar-refractivity contribution in [3.8, 4) is 11.5 Å². The number of anilines is 3. The average molecular weight is 448 g/mol. The molecule has 4 aromatic rings. The second kappa shape index (κ2) is 9.16. The zero-order valence-electron chi connectivity index (χ0n) is 17.9. The molecular weight excluding hydrogens is 426 g/mol. The Morgan fingerprint density at radius 1 is 0.906 bits per heavy atom. The van der Waals surface area contributed by atoms with Crippen LogP contribution >= 0.6 is 11.6 Å². The van der Waals surface area contributed by atoms with Crippen molar-refractivity contribution >= 4 is 45.6 Å². The molecule has 1 aromatic heterocycles. The van der Waals surface area contributed by atoms with Gasteiger partial charge in [-0.25, -0.2) is 4.98 Å². The Balaban J connectivity index is 1.58. The second-order valence-electron chi connectivity index (χ2n) is 7.21. The molecule has 0 aliphatic rings. The number of ether oxygens (including phenoxy) is 2. The molecule has 1 heterocycles. The standard InChI is InChI=1S/C25H22ClN3O3/c1-15-12-24(27-17-5-8-19(31-2)9-6-17)29-22-10-7-18(14-20(15)22)28-25(30)21-13-16(26)4-11-23(21)32-3/h4-14H,1-3H3,(H,27,29)(H,28,30). The molecular formula is C25H22ClN3O3. The van der Waals surface area contributed by atoms with Gasteiger partial charge in [-0.05, 0) is 79.2 Å². The van der Waals surface area contributed by atoms with E-state index in [0.717, 1.165) is 33.7 Å². The molecule has 0 bridgehead atoms. The van der Waals surface area contributed by atoms with E-state index in [4.69, 9.17) is 26.1 Å². The van der Waals surface area contributed by atoms with Gasteiger partial charge in [0, 0.05) is 21.8 Å². The number of rotatable bonds is 6. The number of amides is 1. The van der Waals surface area contributed by atoms with Crippen molar-refractivity contribution in [3.05, 3.63) is 82.9 Å². The van der Waals surface area contributed by atoms with Gasteiger partial charge in [-0.1, -0.05) is 11.6 Å². The van der Waals surface area contributed by atoms with Crippen LogP contribution in [-0.4, -0.2) is 25.1 Å². The van der Waals surface area contributed by atoms with Gasteiger partial charge in [-0.15, -0.1) is 0 Å². The Hall–Kier alpha value is -3.77. The lowest BCUT2D eigenvalue weighted by Crippen LogP contribution is -2.13. The van der Waals surface area contributed by atoms with Gasteiger partial charge in [0.15, 0.2) is 0 Å². The zero-order valence-corrected chi connectivity index (χ0v) is 18.7. The van der Waals surface area contributed by atoms with Crippen LogP contribution in [0.5, 0.6) is 11.5 Å². The lowest BCUT2D eigenvalue weighted by Gasteiger charge is -2.12. The molecule has 0 atom stereocenters. The quantitative estimate of drug-likeness (QED) is 0.367. The van der Waals surface area contributed by atoms with E-state index in [1.807, 2.05) is 55.5 Å². The van der Waals surface area contributed by atoms with Gasteiger partial charge >= 0.3 is 0 Å². The largest absolute Gasteiger partial charge is 0.497 e. The van der Waals surface area contributed by atoms with Crippen LogP contribution in [0.4, 0.5) is 17.2 Å². The first-order valence-electron chi connectivity index (χ1n) is 9.94. The third-order valence-electron chi connectivity index (χ3n) is 5.04. The van der Waals surface area contributed by atoms with Crippen LogP contribution in [0.1, 0.15) is 15.9 Å². The van der Waals surface area contributed by atoms with Gasteiger partial charge in [0.05, 0.1) is 25.3 Å². The highest BCUT2D eigenvalue weighted by atomic mass is 35.5. The summed E-state index contributed by atoms with van der Waals surface area (Å²) < 4.78 is 10.5. The highest BCUT2D eigenvalue weighted by Crippen LogP contribution is 2.28. The monoisotopic (exact) mass is 447 g/mol. The number of carbonyl (C=O) groups excluding carboxylic acids is 1. The number of carbonyl (C=O) groups is 1. The number of nitrogens with one attached hydrogen (secondary N) is 2. The minimum atomic E-state index is -0.299. The molecule has 2 N–H and O–H groups in total. The Labute approximate surface area is 191 Å². The first-order valence-corrected chi connectivity index (χ1v) is 10.3. The molecule has 3 aromatic carbocycles. The fourth-order valence-corrected chi connectivity index (χ4v) is 3.59. The lowest BCUT2D eigenvalue weighted by atomic mass is 10.1. The molecule has 6 nitrogen and oxygen atoms in total. The first-order chi connectivity index (χ1) is 15.5. The van der Waals surface area contributed by atoms with E-state index in [9.17, 15) is 4.79 Å². The maximum Gasteiger partial charge on any atom is 0.259 e. The predicted molar refractivity (Wildman–Crippen MR) is 129 cm³/mol. The van der Waals surface area contributed by atoms with Crippen molar-refractivity contribution in [2.75, 3.05) is 24.9 Å². The number of fused-ring (bicyclic) bond motifs is 1. The number of hydrogen-bond donors (Lipinski definition) is 2. The van der Waals surface area contributed by atoms with Crippen molar-refractivity contribution in [1.82, 2.24) is 4.98 Å². The number of aryl methyl sites for hydroxylation is 1. The number of hydrogen-bond acceptors (Lipinski definition) is 5. The summed E-state index contributed by atoms with van der Waals surface area (Å²) >= 11 is 6.05. The Morgan fingerprint density at radius 2 is 1.66 bits per heavy atom. The number of halogens is 1. The average Bonchev–Trinajstić information content (AvgIpc) is 2.80. The van der Waals surface area contributed by atoms with E-state index < -0.39 is 0 Å². The number of nitrogens with zero attached hydrogens (tertiary/aromatic N) is 1. The van der Waals surface area contributed by atoms with Crippen LogP contribution in [0, 0.1) is 6.92 Å². The molecule has 0 aliphatic heterocycles. The van der Waals surface area contributed by atoms with E-state index in [2.05, 4.69) is 10.6 Å². The zero-order chi connectivity index (χ0) is 22.7. The van der Waals surface area contributed by atoms with E-state index in [-0.39, 0.29) is 5.91 Å². The molecule has 0 unspecified atom stereocenters. The molecule has 4 rings (SSSR count). The summed E-state index contributed by atoms with van der Waals surface area (Å²) in [6.45, 7) is 2.01. The van der Waals surface area contributed by atoms with Crippen LogP contribution in [-0.2, 0) is 0 Å². The molecule has 32 heavy (non-hydrogen) atoms. The van der Waals surface area contributed by atoms with Gasteiger partial charge < -0.3 is 20.1 Å². The van der Waals surface area contributed by atoms with Crippen LogP contribution in [0.25, 0.3) is 10.9 Å². The summed E-state index contributed by atoms with van der Waals surface area (Å²) in [5.41, 5.74) is 3.79. The fourth-order valence-electron chi connectivity index (χ4n) is 3.41. The molecule has 0 saturated heterocycles. The van der Waals surface area contributed by atoms with E-state index >= 15 is 0 Å². The lowest BCUT2D eigenvalue weighted by molar-refractivity contribution is 0.102. The maximum absolute atomic E-state index is 12.8. The first kappa shape index (κ1) is 21.5. The number of aromatic nitrogens is 1. The molecule has 0 fully saturated rings. The van der Waals surface area contributed by atoms with Crippen molar-refractivity contribution in [3.63, 3.8) is 0 Å². The summed E-state index contributed by atoms with van der Waals surface area (Å²) in [6.07, 6.45) is 0. The van der Waals surface area contributed by atoms with Crippen molar-refractivity contribution in [1.29, 1.82) is 0 Å². The molecule has 0 aliphatic carbocycles. The van der Waals surface area contributed by atoms with Gasteiger partial charge in [0.1, 0.15) is 17.3 Å². The molecule has 162 valence electrons. The summed E-state index contributed by atoms with van der Waals surface area (Å²) in [6, 6.07) is 20.2. The van der Waals surface area contributed by atoms with Crippen LogP contribution < -0.4 is 20.1 Å². The second-order valence-corrected chi connectivity index (χ2v) is 7.64. The molecule has 0 spiro atoms. The van der Waals surface area contributed by atoms with Crippen molar-refractivity contribution in [2.24, 2.45) is 0 Å². The normalized spacial score (nSPS) is 10.6. The highest BCUT2D eigenvalue weighted by molar-refractivity contribution is 6.31. The van der Waals surface area contributed by atoms with Gasteiger partial charge in [-0.2, -0.15) is 0 Å². The Bertz CT molecular complexity index is 1290. The summed E-state index contributed by atoms with van der Waals surface area (Å²) in [4.78, 5) is 17.5. The fraction of sp³-hybridized carbons (Fsp3) is 0.120. The smallest absolute Gasteiger partial charge is 0.259 e. The third kappa shape index (κ3) is 4.60. The van der Waals surface area contributed by atoms with Crippen LogP contribution in [0.2, 0.25) is 5.02 Å². The number of benzene rings is 3. The summed E-state index contributed by atoms with van der Waals surface area (Å²) in [5.74, 6) is 1.69. The summed E-state index contributed by atoms with van der Waals surface area (Å²) in [5, 5.41) is 7.63. The Morgan fingerprint density at radius 3 is 2.38 bits per heavy atom. The van der Waals surface area contributed by atoms with E-state index in [1.54, 1.807) is 25.3 Å². The van der Waals surface area contributed by atoms with E-state index in [1.165, 1.54) is 7.11 Å². The molecule has 7 heteroatoms. The van der Waals surface area contributed by atoms with Crippen LogP contribution in [0.15, 0.2) is 66.7 Å². The third-order valence-corrected chi connectivity index (χ3v) is 5.28. The van der Waals surface area contributed by atoms with Crippen molar-refractivity contribution < 1.29 is 14.3 Å². The minimum absolute atomic E-state index is 0.299. The van der Waals surface area contributed by atoms with Crippen molar-refractivity contribution in [2.45, 2.75) is 6.92 Å². The number of methoxy groups -OCH3 is 2. The van der Waals surface area contributed by atoms with Gasteiger partial charge in [0.25, 0.3) is 5.91 Å². The highest BCUT2D eigenvalue weighted by Gasteiger charge is 2.14. The van der Waals surface area contributed by atoms with Gasteiger partial charge in [0.2, 0.25) is 0 Å². The van der Waals surface area contributed by atoms with E-state index in [0.29, 0.717) is 22.0 Å². The number of pyridine rings is 1. The molecule has 0 radical (unpaired) electrons. The minimum Gasteiger partial charge on any atom is -0.497 e. The van der Waals surface area contributed by atoms with Crippen LogP contribution in [0.3, 0.4) is 0 Å². The van der Waals surface area contributed by atoms with Gasteiger partial charge in [-0.3, -0.25) is 4.79 Å². The predicted octanol–water partition coefficient (Wildman–Crippen LogP) is 6.21.